The van der Waals surface area contributed by atoms with Crippen molar-refractivity contribution < 1.29 is 14.7 Å². The van der Waals surface area contributed by atoms with Crippen LogP contribution in [0.25, 0.3) is 0 Å². The molecular weight excluding hydrogens is 370 g/mol. The van der Waals surface area contributed by atoms with Crippen LogP contribution in [-0.2, 0) is 0 Å². The standard InChI is InChI=1S/C14H10BrN3O3S/c15-10-4-9(6-16-7-10)12(19)18-14(22)17-11-3-1-2-8(5-11)13(20)21/h1-7H,(H,20,21)(H2,17,18,19,22)/p-1. The number of hydrogen-bond donors (Lipinski definition) is 2. The third-order valence-electron chi connectivity index (χ3n) is 2.55. The van der Waals surface area contributed by atoms with E-state index >= 15 is 0 Å². The van der Waals surface area contributed by atoms with Crippen molar-refractivity contribution in [3.05, 3.63) is 58.3 Å². The number of nitrogens with zero attached hydrogens (tertiary/aromatic N) is 1. The summed E-state index contributed by atoms with van der Waals surface area (Å²) in [6.45, 7) is 0. The third kappa shape index (κ3) is 4.34. The molecule has 0 aliphatic carbocycles. The van der Waals surface area contributed by atoms with Crippen molar-refractivity contribution in [2.75, 3.05) is 5.32 Å². The Labute approximate surface area is 139 Å². The van der Waals surface area contributed by atoms with Crippen LogP contribution < -0.4 is 15.7 Å². The molecule has 0 fully saturated rings. The number of aromatic carboxylic acids is 1. The Morgan fingerprint density at radius 3 is 2.64 bits per heavy atom. The van der Waals surface area contributed by atoms with Crippen molar-refractivity contribution in [2.45, 2.75) is 0 Å². The van der Waals surface area contributed by atoms with Gasteiger partial charge in [0.05, 0.1) is 11.5 Å². The second-order valence-corrected chi connectivity index (χ2v) is 5.49. The summed E-state index contributed by atoms with van der Waals surface area (Å²) in [6.07, 6.45) is 2.96. The number of thiocarbonyl (C=S) groups is 1. The van der Waals surface area contributed by atoms with Crippen molar-refractivity contribution in [1.82, 2.24) is 10.3 Å². The fraction of sp³-hybridized carbons (Fsp3) is 0. The van der Waals surface area contributed by atoms with E-state index < -0.39 is 11.9 Å². The zero-order valence-corrected chi connectivity index (χ0v) is 13.4. The molecule has 112 valence electrons. The lowest BCUT2D eigenvalue weighted by molar-refractivity contribution is -0.255. The SMILES string of the molecule is O=C([O-])c1cccc(NC(=S)NC(=O)c2cncc(Br)c2)c1. The molecule has 22 heavy (non-hydrogen) atoms. The highest BCUT2D eigenvalue weighted by Gasteiger charge is 2.09. The number of halogens is 1. The van der Waals surface area contributed by atoms with Crippen molar-refractivity contribution in [3.63, 3.8) is 0 Å². The van der Waals surface area contributed by atoms with Gasteiger partial charge < -0.3 is 15.2 Å². The molecule has 1 aromatic heterocycles. The number of hydrogen-bond acceptors (Lipinski definition) is 5. The predicted octanol–water partition coefficient (Wildman–Crippen LogP) is 1.33. The number of carboxylic acids is 1. The average molecular weight is 379 g/mol. The highest BCUT2D eigenvalue weighted by molar-refractivity contribution is 9.10. The topological polar surface area (TPSA) is 94.1 Å². The molecule has 0 bridgehead atoms. The Morgan fingerprint density at radius 2 is 1.95 bits per heavy atom. The summed E-state index contributed by atoms with van der Waals surface area (Å²) in [6, 6.07) is 7.51. The molecule has 2 rings (SSSR count). The van der Waals surface area contributed by atoms with Crippen molar-refractivity contribution in [1.29, 1.82) is 0 Å². The van der Waals surface area contributed by atoms with Crippen LogP contribution >= 0.6 is 28.1 Å². The summed E-state index contributed by atoms with van der Waals surface area (Å²) >= 11 is 8.24. The maximum Gasteiger partial charge on any atom is 0.259 e. The van der Waals surface area contributed by atoms with Gasteiger partial charge in [0.1, 0.15) is 0 Å². The van der Waals surface area contributed by atoms with E-state index in [0.717, 1.165) is 0 Å². The van der Waals surface area contributed by atoms with E-state index in [0.29, 0.717) is 15.7 Å². The quantitative estimate of drug-likeness (QED) is 0.782. The third-order valence-corrected chi connectivity index (χ3v) is 3.19. The number of anilines is 1. The Hall–Kier alpha value is -2.32. The lowest BCUT2D eigenvalue weighted by atomic mass is 10.2. The van der Waals surface area contributed by atoms with Gasteiger partial charge in [0.15, 0.2) is 5.11 Å². The molecule has 0 spiro atoms. The summed E-state index contributed by atoms with van der Waals surface area (Å²) in [5.41, 5.74) is 0.775. The summed E-state index contributed by atoms with van der Waals surface area (Å²) < 4.78 is 0.667. The van der Waals surface area contributed by atoms with Crippen LogP contribution in [0.3, 0.4) is 0 Å². The van der Waals surface area contributed by atoms with E-state index in [4.69, 9.17) is 12.2 Å². The van der Waals surface area contributed by atoms with Gasteiger partial charge in [0.25, 0.3) is 5.91 Å². The molecule has 6 nitrogen and oxygen atoms in total. The number of nitrogens with one attached hydrogen (secondary N) is 2. The summed E-state index contributed by atoms with van der Waals surface area (Å²) in [7, 11) is 0. The van der Waals surface area contributed by atoms with Crippen LogP contribution in [-0.4, -0.2) is 22.0 Å². The summed E-state index contributed by atoms with van der Waals surface area (Å²) in [5, 5.41) is 16.0. The number of carbonyl (C=O) groups is 2. The minimum Gasteiger partial charge on any atom is -0.545 e. The van der Waals surface area contributed by atoms with Crippen LogP contribution in [0.2, 0.25) is 0 Å². The fourth-order valence-corrected chi connectivity index (χ4v) is 2.17. The zero-order valence-electron chi connectivity index (χ0n) is 11.0. The van der Waals surface area contributed by atoms with Gasteiger partial charge in [-0.3, -0.25) is 15.1 Å². The first-order valence-corrected chi connectivity index (χ1v) is 7.20. The van der Waals surface area contributed by atoms with Gasteiger partial charge >= 0.3 is 0 Å². The highest BCUT2D eigenvalue weighted by atomic mass is 79.9. The number of amides is 1. The number of carbonyl (C=O) groups excluding carboxylic acids is 2. The Morgan fingerprint density at radius 1 is 1.18 bits per heavy atom. The summed E-state index contributed by atoms with van der Waals surface area (Å²) in [4.78, 5) is 26.6. The zero-order chi connectivity index (χ0) is 16.1. The first kappa shape index (κ1) is 16.1. The largest absolute Gasteiger partial charge is 0.545 e. The second-order valence-electron chi connectivity index (χ2n) is 4.17. The van der Waals surface area contributed by atoms with E-state index in [2.05, 4.69) is 31.5 Å². The maximum absolute atomic E-state index is 12.0. The lowest BCUT2D eigenvalue weighted by Gasteiger charge is -2.11. The van der Waals surface area contributed by atoms with Crippen LogP contribution in [0, 0.1) is 0 Å². The summed E-state index contributed by atoms with van der Waals surface area (Å²) in [5.74, 6) is -1.72. The first-order valence-electron chi connectivity index (χ1n) is 6.00. The van der Waals surface area contributed by atoms with Gasteiger partial charge in [-0.1, -0.05) is 12.1 Å². The predicted molar refractivity (Wildman–Crippen MR) is 86.4 cm³/mol. The van der Waals surface area contributed by atoms with Crippen LogP contribution in [0.15, 0.2) is 47.2 Å². The van der Waals surface area contributed by atoms with Crippen molar-refractivity contribution >= 4 is 50.8 Å². The van der Waals surface area contributed by atoms with E-state index in [9.17, 15) is 14.7 Å². The molecule has 0 aliphatic heterocycles. The number of benzene rings is 1. The molecular formula is C14H9BrN3O3S-. The molecule has 0 saturated heterocycles. The van der Waals surface area contributed by atoms with E-state index in [-0.39, 0.29) is 10.7 Å². The smallest absolute Gasteiger partial charge is 0.259 e. The van der Waals surface area contributed by atoms with E-state index in [1.165, 1.54) is 24.4 Å². The van der Waals surface area contributed by atoms with Gasteiger partial charge in [-0.05, 0) is 51.9 Å². The van der Waals surface area contributed by atoms with Crippen molar-refractivity contribution in [2.24, 2.45) is 0 Å². The minimum absolute atomic E-state index is 0.00955. The Bertz CT molecular complexity index is 752. The van der Waals surface area contributed by atoms with Gasteiger partial charge in [-0.2, -0.15) is 0 Å². The number of pyridine rings is 1. The molecule has 8 heteroatoms. The number of carboxylic acid groups (broad SMARTS) is 1. The maximum atomic E-state index is 12.0. The number of rotatable bonds is 3. The van der Waals surface area contributed by atoms with E-state index in [1.807, 2.05) is 0 Å². The molecule has 1 heterocycles. The lowest BCUT2D eigenvalue weighted by Crippen LogP contribution is -2.34. The molecule has 2 N–H and O–H groups in total. The normalized spacial score (nSPS) is 9.86. The van der Waals surface area contributed by atoms with E-state index in [1.54, 1.807) is 18.3 Å². The molecule has 0 aliphatic rings. The van der Waals surface area contributed by atoms with Crippen LogP contribution in [0.1, 0.15) is 20.7 Å². The molecule has 0 unspecified atom stereocenters. The van der Waals surface area contributed by atoms with Crippen molar-refractivity contribution in [3.8, 4) is 0 Å². The second kappa shape index (κ2) is 7.10. The average Bonchev–Trinajstić information content (AvgIpc) is 2.47. The van der Waals surface area contributed by atoms with Crippen LogP contribution in [0.4, 0.5) is 5.69 Å². The Kier molecular flexibility index (Phi) is 5.18. The molecule has 0 saturated carbocycles. The molecule has 1 aromatic carbocycles. The molecule has 0 radical (unpaired) electrons. The van der Waals surface area contributed by atoms with Gasteiger partial charge in [0, 0.05) is 22.6 Å². The first-order chi connectivity index (χ1) is 10.5. The monoisotopic (exact) mass is 378 g/mol. The Balaban J connectivity index is 2.02. The fourth-order valence-electron chi connectivity index (χ4n) is 1.60. The number of aromatic nitrogens is 1. The highest BCUT2D eigenvalue weighted by Crippen LogP contribution is 2.11. The molecule has 1 amide bonds. The van der Waals surface area contributed by atoms with Gasteiger partial charge in [0.2, 0.25) is 0 Å². The van der Waals surface area contributed by atoms with Gasteiger partial charge in [-0.25, -0.2) is 0 Å². The van der Waals surface area contributed by atoms with Gasteiger partial charge in [-0.15, -0.1) is 0 Å². The minimum atomic E-state index is -1.29. The molecule has 0 atom stereocenters. The van der Waals surface area contributed by atoms with Crippen LogP contribution in [0.5, 0.6) is 0 Å². The molecule has 2 aromatic rings.